The lowest BCUT2D eigenvalue weighted by atomic mass is 10.2. The Balaban J connectivity index is 1.90. The van der Waals surface area contributed by atoms with Crippen LogP contribution in [0.3, 0.4) is 0 Å². The Kier molecular flexibility index (Phi) is 6.86. The number of sulfonamides is 1. The molecule has 1 aliphatic rings. The van der Waals surface area contributed by atoms with E-state index in [-0.39, 0.29) is 11.3 Å². The number of anilines is 1. The second-order valence-corrected chi connectivity index (χ2v) is 8.95. The number of aromatic nitrogens is 3. The van der Waals surface area contributed by atoms with Crippen LogP contribution in [0.4, 0.5) is 5.69 Å². The lowest BCUT2D eigenvalue weighted by Crippen LogP contribution is -2.48. The molecule has 0 radical (unpaired) electrons. The molecule has 0 saturated carbocycles. The van der Waals surface area contributed by atoms with Crippen molar-refractivity contribution in [2.45, 2.75) is 26.2 Å². The molecule has 9 nitrogen and oxygen atoms in total. The summed E-state index contributed by atoms with van der Waals surface area (Å²) in [4.78, 5) is 19.3. The van der Waals surface area contributed by atoms with E-state index in [1.165, 1.54) is 15.2 Å². The number of unbranched alkanes of at least 4 members (excludes halogenated alkanes) is 2. The standard InChI is InChI=1S/C19H27N5O4S/c1-3-4-7-14-28-18-16(22-10-12-23(13-11-22)29(2,26)27)15-21-24(19(18)25)17-8-5-6-9-20-17/h5-6,8-9,15H,3-4,7,10-14H2,1-2H3. The molecule has 0 N–H and O–H groups in total. The normalized spacial score (nSPS) is 15.4. The van der Waals surface area contributed by atoms with Crippen LogP contribution in [0.15, 0.2) is 35.4 Å². The maximum Gasteiger partial charge on any atom is 0.317 e. The Morgan fingerprint density at radius 2 is 1.90 bits per heavy atom. The van der Waals surface area contributed by atoms with Crippen molar-refractivity contribution in [2.75, 3.05) is 43.9 Å². The number of rotatable bonds is 8. The summed E-state index contributed by atoms with van der Waals surface area (Å²) < 4.78 is 32.1. The molecule has 2 aromatic heterocycles. The number of nitrogens with zero attached hydrogens (tertiary/aromatic N) is 5. The van der Waals surface area contributed by atoms with Crippen molar-refractivity contribution in [1.82, 2.24) is 19.1 Å². The highest BCUT2D eigenvalue weighted by atomic mass is 32.2. The molecule has 2 aromatic rings. The van der Waals surface area contributed by atoms with Crippen LogP contribution in [0.1, 0.15) is 26.2 Å². The smallest absolute Gasteiger partial charge is 0.317 e. The fraction of sp³-hybridized carbons (Fsp3) is 0.526. The monoisotopic (exact) mass is 421 g/mol. The second kappa shape index (κ2) is 9.36. The first-order valence-corrected chi connectivity index (χ1v) is 11.6. The summed E-state index contributed by atoms with van der Waals surface area (Å²) in [6.45, 7) is 4.19. The van der Waals surface area contributed by atoms with Crippen molar-refractivity contribution in [2.24, 2.45) is 0 Å². The van der Waals surface area contributed by atoms with Gasteiger partial charge in [-0.05, 0) is 18.6 Å². The van der Waals surface area contributed by atoms with Crippen LogP contribution < -0.4 is 15.2 Å². The van der Waals surface area contributed by atoms with Gasteiger partial charge in [0.2, 0.25) is 15.8 Å². The third kappa shape index (κ3) is 5.13. The zero-order valence-corrected chi connectivity index (χ0v) is 17.6. The molecule has 158 valence electrons. The zero-order chi connectivity index (χ0) is 20.9. The number of piperazine rings is 1. The minimum Gasteiger partial charge on any atom is -0.486 e. The largest absolute Gasteiger partial charge is 0.486 e. The summed E-state index contributed by atoms with van der Waals surface area (Å²) in [6.07, 6.45) is 7.33. The van der Waals surface area contributed by atoms with Crippen molar-refractivity contribution < 1.29 is 13.2 Å². The van der Waals surface area contributed by atoms with Crippen LogP contribution in [0, 0.1) is 0 Å². The number of ether oxygens (including phenoxy) is 1. The van der Waals surface area contributed by atoms with Gasteiger partial charge in [0.05, 0.1) is 19.1 Å². The molecule has 0 atom stereocenters. The fourth-order valence-electron chi connectivity index (χ4n) is 3.22. The lowest BCUT2D eigenvalue weighted by Gasteiger charge is -2.35. The number of pyridine rings is 1. The SMILES string of the molecule is CCCCCOc1c(N2CCN(S(C)(=O)=O)CC2)cnn(-c2ccccn2)c1=O. The molecule has 0 amide bonds. The summed E-state index contributed by atoms with van der Waals surface area (Å²) in [5.74, 6) is 0.652. The number of hydrogen-bond acceptors (Lipinski definition) is 7. The van der Waals surface area contributed by atoms with Gasteiger partial charge >= 0.3 is 5.56 Å². The summed E-state index contributed by atoms with van der Waals surface area (Å²) in [5, 5.41) is 4.28. The predicted octanol–water partition coefficient (Wildman–Crippen LogP) is 1.28. The van der Waals surface area contributed by atoms with E-state index in [4.69, 9.17) is 4.74 Å². The maximum atomic E-state index is 13.1. The molecule has 0 spiro atoms. The number of hydrogen-bond donors (Lipinski definition) is 0. The molecule has 0 aromatic carbocycles. The van der Waals surface area contributed by atoms with E-state index >= 15 is 0 Å². The van der Waals surface area contributed by atoms with Gasteiger partial charge in [-0.2, -0.15) is 14.1 Å². The molecular formula is C19H27N5O4S. The summed E-state index contributed by atoms with van der Waals surface area (Å²) in [7, 11) is -3.23. The molecule has 10 heteroatoms. The molecule has 1 saturated heterocycles. The average Bonchev–Trinajstić information content (AvgIpc) is 2.72. The minimum absolute atomic E-state index is 0.231. The van der Waals surface area contributed by atoms with E-state index in [2.05, 4.69) is 17.0 Å². The molecule has 0 bridgehead atoms. The first-order chi connectivity index (χ1) is 13.9. The second-order valence-electron chi connectivity index (χ2n) is 6.97. The molecule has 1 aliphatic heterocycles. The van der Waals surface area contributed by atoms with Gasteiger partial charge in [-0.1, -0.05) is 25.8 Å². The van der Waals surface area contributed by atoms with Crippen molar-refractivity contribution >= 4 is 15.7 Å². The zero-order valence-electron chi connectivity index (χ0n) is 16.8. The first kappa shape index (κ1) is 21.3. The molecule has 29 heavy (non-hydrogen) atoms. The van der Waals surface area contributed by atoms with Gasteiger partial charge in [-0.25, -0.2) is 13.4 Å². The van der Waals surface area contributed by atoms with Gasteiger partial charge in [0, 0.05) is 32.4 Å². The quantitative estimate of drug-likeness (QED) is 0.592. The fourth-order valence-corrected chi connectivity index (χ4v) is 4.05. The Morgan fingerprint density at radius 3 is 2.52 bits per heavy atom. The topological polar surface area (TPSA) is 97.6 Å². The van der Waals surface area contributed by atoms with Gasteiger partial charge in [-0.15, -0.1) is 0 Å². The van der Waals surface area contributed by atoms with E-state index in [9.17, 15) is 13.2 Å². The van der Waals surface area contributed by atoms with Crippen molar-refractivity contribution in [3.8, 4) is 11.6 Å². The highest BCUT2D eigenvalue weighted by molar-refractivity contribution is 7.88. The first-order valence-electron chi connectivity index (χ1n) is 9.78. The third-order valence-electron chi connectivity index (χ3n) is 4.82. The summed E-state index contributed by atoms with van der Waals surface area (Å²) in [5.41, 5.74) is 0.218. The highest BCUT2D eigenvalue weighted by Crippen LogP contribution is 2.26. The van der Waals surface area contributed by atoms with Crippen molar-refractivity contribution in [3.63, 3.8) is 0 Å². The van der Waals surface area contributed by atoms with Crippen LogP contribution in [0.25, 0.3) is 5.82 Å². The van der Waals surface area contributed by atoms with E-state index in [1.54, 1.807) is 30.6 Å². The van der Waals surface area contributed by atoms with Crippen LogP contribution in [-0.2, 0) is 10.0 Å². The summed E-state index contributed by atoms with van der Waals surface area (Å²) in [6, 6.07) is 5.27. The summed E-state index contributed by atoms with van der Waals surface area (Å²) >= 11 is 0. The van der Waals surface area contributed by atoms with Crippen molar-refractivity contribution in [3.05, 3.63) is 40.9 Å². The van der Waals surface area contributed by atoms with Gasteiger partial charge in [0.25, 0.3) is 0 Å². The van der Waals surface area contributed by atoms with E-state index in [1.807, 2.05) is 4.90 Å². The van der Waals surface area contributed by atoms with Gasteiger partial charge in [0.15, 0.2) is 5.82 Å². The van der Waals surface area contributed by atoms with Crippen LogP contribution in [-0.4, -0.2) is 66.5 Å². The van der Waals surface area contributed by atoms with E-state index in [0.717, 1.165) is 19.3 Å². The molecule has 0 unspecified atom stereocenters. The predicted molar refractivity (Wildman–Crippen MR) is 111 cm³/mol. The molecule has 3 rings (SSSR count). The Bertz CT molecular complexity index is 970. The van der Waals surface area contributed by atoms with Gasteiger partial charge < -0.3 is 9.64 Å². The maximum absolute atomic E-state index is 13.1. The van der Waals surface area contributed by atoms with Crippen molar-refractivity contribution in [1.29, 1.82) is 0 Å². The molecular weight excluding hydrogens is 394 g/mol. The lowest BCUT2D eigenvalue weighted by molar-refractivity contribution is 0.298. The molecule has 0 aliphatic carbocycles. The van der Waals surface area contributed by atoms with Crippen LogP contribution >= 0.6 is 0 Å². The molecule has 1 fully saturated rings. The Labute approximate surface area is 171 Å². The van der Waals surface area contributed by atoms with Gasteiger partial charge in [-0.3, -0.25) is 4.79 Å². The minimum atomic E-state index is -3.23. The van der Waals surface area contributed by atoms with Crippen LogP contribution in [0.2, 0.25) is 0 Å². The Hall–Kier alpha value is -2.46. The van der Waals surface area contributed by atoms with E-state index < -0.39 is 10.0 Å². The third-order valence-corrected chi connectivity index (χ3v) is 6.13. The highest BCUT2D eigenvalue weighted by Gasteiger charge is 2.27. The Morgan fingerprint density at radius 1 is 1.14 bits per heavy atom. The van der Waals surface area contributed by atoms with Crippen LogP contribution in [0.5, 0.6) is 5.75 Å². The molecule has 3 heterocycles. The average molecular weight is 422 g/mol. The van der Waals surface area contributed by atoms with Gasteiger partial charge in [0.1, 0.15) is 5.69 Å². The van der Waals surface area contributed by atoms with E-state index in [0.29, 0.717) is 44.3 Å².